The molecule has 1 aromatic heterocycles. The second-order valence-electron chi connectivity index (χ2n) is 5.46. The molecule has 0 radical (unpaired) electrons. The molecule has 0 atom stereocenters. The lowest BCUT2D eigenvalue weighted by Gasteiger charge is -2.20. The minimum atomic E-state index is -1.11. The van der Waals surface area contributed by atoms with Gasteiger partial charge in [0.05, 0.1) is 5.69 Å². The molecule has 118 valence electrons. The molecule has 7 heteroatoms. The van der Waals surface area contributed by atoms with Crippen LogP contribution in [0.15, 0.2) is 29.1 Å². The first-order valence-corrected chi connectivity index (χ1v) is 7.18. The van der Waals surface area contributed by atoms with Crippen LogP contribution in [0.5, 0.6) is 0 Å². The van der Waals surface area contributed by atoms with E-state index in [4.69, 9.17) is 5.11 Å². The number of anilines is 1. The summed E-state index contributed by atoms with van der Waals surface area (Å²) in [4.78, 5) is 33.9. The standard InChI is InChI=1S/C16H15N3O4/c1-9(20)17-12-4-5-13-10(6-12)2-3-11-7-14(21)19(8-15(22)23)18-16(11)13/h4-7H,2-3,8H2,1H3,(H,17,20)(H,22,23). The molecule has 0 saturated carbocycles. The average Bonchev–Trinajstić information content (AvgIpc) is 2.47. The zero-order valence-corrected chi connectivity index (χ0v) is 12.5. The number of carboxylic acids is 1. The van der Waals surface area contributed by atoms with Gasteiger partial charge in [0, 0.05) is 24.2 Å². The third-order valence-corrected chi connectivity index (χ3v) is 3.71. The molecule has 3 rings (SSSR count). The Morgan fingerprint density at radius 2 is 2.00 bits per heavy atom. The van der Waals surface area contributed by atoms with Crippen LogP contribution in [0.25, 0.3) is 11.3 Å². The van der Waals surface area contributed by atoms with Gasteiger partial charge in [0.15, 0.2) is 0 Å². The maximum Gasteiger partial charge on any atom is 0.325 e. The fourth-order valence-corrected chi connectivity index (χ4v) is 2.77. The maximum absolute atomic E-state index is 11.9. The van der Waals surface area contributed by atoms with Crippen LogP contribution in [0, 0.1) is 0 Å². The molecule has 2 N–H and O–H groups in total. The molecule has 2 aromatic rings. The number of nitrogens with one attached hydrogen (secondary N) is 1. The predicted molar refractivity (Wildman–Crippen MR) is 83.3 cm³/mol. The van der Waals surface area contributed by atoms with Gasteiger partial charge in [-0.2, -0.15) is 5.10 Å². The summed E-state index contributed by atoms with van der Waals surface area (Å²) in [6.45, 7) is 0.978. The van der Waals surface area contributed by atoms with E-state index in [9.17, 15) is 14.4 Å². The van der Waals surface area contributed by atoms with Gasteiger partial charge in [-0.1, -0.05) is 6.07 Å². The number of carbonyl (C=O) groups excluding carboxylic acids is 1. The second-order valence-corrected chi connectivity index (χ2v) is 5.46. The summed E-state index contributed by atoms with van der Waals surface area (Å²) in [5, 5.41) is 15.8. The number of carbonyl (C=O) groups is 2. The van der Waals surface area contributed by atoms with E-state index < -0.39 is 18.1 Å². The molecule has 0 fully saturated rings. The summed E-state index contributed by atoms with van der Waals surface area (Å²) in [7, 11) is 0. The van der Waals surface area contributed by atoms with E-state index in [0.717, 1.165) is 27.8 Å². The lowest BCUT2D eigenvalue weighted by Crippen LogP contribution is -2.28. The Hall–Kier alpha value is -2.96. The van der Waals surface area contributed by atoms with Crippen molar-refractivity contribution in [2.24, 2.45) is 0 Å². The lowest BCUT2D eigenvalue weighted by atomic mass is 9.89. The Labute approximate surface area is 131 Å². The van der Waals surface area contributed by atoms with E-state index in [1.165, 1.54) is 13.0 Å². The van der Waals surface area contributed by atoms with Crippen molar-refractivity contribution in [3.63, 3.8) is 0 Å². The molecule has 1 heterocycles. The van der Waals surface area contributed by atoms with E-state index in [1.54, 1.807) is 6.07 Å². The van der Waals surface area contributed by atoms with Crippen LogP contribution in [0.1, 0.15) is 18.1 Å². The van der Waals surface area contributed by atoms with E-state index in [0.29, 0.717) is 17.8 Å². The number of benzene rings is 1. The molecule has 0 bridgehead atoms. The molecule has 1 amide bonds. The first-order chi connectivity index (χ1) is 10.9. The number of hydrogen-bond acceptors (Lipinski definition) is 4. The van der Waals surface area contributed by atoms with E-state index >= 15 is 0 Å². The van der Waals surface area contributed by atoms with E-state index in [1.807, 2.05) is 12.1 Å². The molecular formula is C16H15N3O4. The third kappa shape index (κ3) is 2.98. The SMILES string of the molecule is CC(=O)Nc1ccc2c(c1)CCc1cc(=O)n(CC(=O)O)nc1-2. The summed E-state index contributed by atoms with van der Waals surface area (Å²) in [5.74, 6) is -1.26. The number of aryl methyl sites for hydroxylation is 2. The summed E-state index contributed by atoms with van der Waals surface area (Å²) in [6.07, 6.45) is 1.39. The van der Waals surface area contributed by atoms with Crippen LogP contribution < -0.4 is 10.9 Å². The molecule has 1 aliphatic carbocycles. The van der Waals surface area contributed by atoms with Crippen LogP contribution in [-0.2, 0) is 29.0 Å². The predicted octanol–water partition coefficient (Wildman–Crippen LogP) is 1.05. The highest BCUT2D eigenvalue weighted by molar-refractivity contribution is 5.89. The normalized spacial score (nSPS) is 12.2. The van der Waals surface area contributed by atoms with Crippen molar-refractivity contribution in [3.05, 3.63) is 45.7 Å². The highest BCUT2D eigenvalue weighted by Gasteiger charge is 2.20. The van der Waals surface area contributed by atoms with E-state index in [2.05, 4.69) is 10.4 Å². The first-order valence-electron chi connectivity index (χ1n) is 7.18. The van der Waals surface area contributed by atoms with Crippen LogP contribution in [-0.4, -0.2) is 26.8 Å². The van der Waals surface area contributed by atoms with Gasteiger partial charge in [0.1, 0.15) is 6.54 Å². The van der Waals surface area contributed by atoms with Gasteiger partial charge in [-0.3, -0.25) is 14.4 Å². The van der Waals surface area contributed by atoms with Crippen LogP contribution in [0.2, 0.25) is 0 Å². The van der Waals surface area contributed by atoms with Gasteiger partial charge in [-0.15, -0.1) is 0 Å². The monoisotopic (exact) mass is 313 g/mol. The molecule has 0 spiro atoms. The van der Waals surface area contributed by atoms with E-state index in [-0.39, 0.29) is 5.91 Å². The molecule has 7 nitrogen and oxygen atoms in total. The number of rotatable bonds is 3. The van der Waals surface area contributed by atoms with Gasteiger partial charge >= 0.3 is 5.97 Å². The molecule has 0 unspecified atom stereocenters. The Kier molecular flexibility index (Phi) is 3.69. The molecule has 23 heavy (non-hydrogen) atoms. The maximum atomic E-state index is 11.9. The number of hydrogen-bond donors (Lipinski definition) is 2. The largest absolute Gasteiger partial charge is 0.480 e. The van der Waals surface area contributed by atoms with Crippen molar-refractivity contribution in [1.82, 2.24) is 9.78 Å². The van der Waals surface area contributed by atoms with Crippen LogP contribution in [0.4, 0.5) is 5.69 Å². The van der Waals surface area contributed by atoms with Crippen LogP contribution in [0.3, 0.4) is 0 Å². The Bertz CT molecular complexity index is 870. The fraction of sp³-hybridized carbons (Fsp3) is 0.250. The number of aliphatic carboxylic acids is 1. The van der Waals surface area contributed by atoms with Gasteiger partial charge in [-0.25, -0.2) is 4.68 Å². The van der Waals surface area contributed by atoms with Crippen molar-refractivity contribution in [2.75, 3.05) is 5.32 Å². The zero-order valence-electron chi connectivity index (χ0n) is 12.5. The third-order valence-electron chi connectivity index (χ3n) is 3.71. The quantitative estimate of drug-likeness (QED) is 0.882. The Balaban J connectivity index is 2.07. The lowest BCUT2D eigenvalue weighted by molar-refractivity contribution is -0.138. The second kappa shape index (κ2) is 5.68. The topological polar surface area (TPSA) is 101 Å². The van der Waals surface area contributed by atoms with Crippen molar-refractivity contribution in [2.45, 2.75) is 26.3 Å². The molecule has 1 aliphatic rings. The fourth-order valence-electron chi connectivity index (χ4n) is 2.77. The summed E-state index contributed by atoms with van der Waals surface area (Å²) >= 11 is 0. The highest BCUT2D eigenvalue weighted by Crippen LogP contribution is 2.32. The Morgan fingerprint density at radius 1 is 1.26 bits per heavy atom. The number of amides is 1. The Morgan fingerprint density at radius 3 is 2.70 bits per heavy atom. The average molecular weight is 313 g/mol. The first kappa shape index (κ1) is 15.0. The number of carboxylic acid groups (broad SMARTS) is 1. The minimum Gasteiger partial charge on any atom is -0.480 e. The summed E-state index contributed by atoms with van der Waals surface area (Å²) < 4.78 is 0.956. The zero-order chi connectivity index (χ0) is 16.6. The van der Waals surface area contributed by atoms with Crippen molar-refractivity contribution < 1.29 is 14.7 Å². The number of fused-ring (bicyclic) bond motifs is 3. The molecule has 0 saturated heterocycles. The molecule has 0 aliphatic heterocycles. The van der Waals surface area contributed by atoms with Gasteiger partial charge in [0.2, 0.25) is 5.91 Å². The van der Waals surface area contributed by atoms with Crippen molar-refractivity contribution in [1.29, 1.82) is 0 Å². The van der Waals surface area contributed by atoms with Gasteiger partial charge < -0.3 is 10.4 Å². The summed E-state index contributed by atoms with van der Waals surface area (Å²) in [6, 6.07) is 6.94. The van der Waals surface area contributed by atoms with Crippen molar-refractivity contribution in [3.8, 4) is 11.3 Å². The van der Waals surface area contributed by atoms with Crippen molar-refractivity contribution >= 4 is 17.6 Å². The number of aromatic nitrogens is 2. The molecule has 1 aromatic carbocycles. The number of nitrogens with zero attached hydrogens (tertiary/aromatic N) is 2. The van der Waals surface area contributed by atoms with Gasteiger partial charge in [0.25, 0.3) is 5.56 Å². The smallest absolute Gasteiger partial charge is 0.325 e. The van der Waals surface area contributed by atoms with Crippen LogP contribution >= 0.6 is 0 Å². The highest BCUT2D eigenvalue weighted by atomic mass is 16.4. The summed E-state index contributed by atoms with van der Waals surface area (Å²) in [5.41, 5.74) is 3.61. The van der Waals surface area contributed by atoms with Gasteiger partial charge in [-0.05, 0) is 36.1 Å². The minimum absolute atomic E-state index is 0.144. The molecular weight excluding hydrogens is 298 g/mol.